The average Bonchev–Trinajstić information content (AvgIpc) is 3.41. The molecule has 5 rings (SSSR count). The van der Waals surface area contributed by atoms with E-state index in [1.807, 2.05) is 108 Å². The van der Waals surface area contributed by atoms with Crippen molar-refractivity contribution in [2.24, 2.45) is 0 Å². The molecule has 37 heavy (non-hydrogen) atoms. The van der Waals surface area contributed by atoms with Gasteiger partial charge in [0.25, 0.3) is 0 Å². The fourth-order valence-corrected chi connectivity index (χ4v) is 3.01. The topological polar surface area (TPSA) is 82.5 Å². The van der Waals surface area contributed by atoms with Crippen LogP contribution in [0.15, 0.2) is 122 Å². The molecule has 0 fully saturated rings. The van der Waals surface area contributed by atoms with Crippen LogP contribution in [0.5, 0.6) is 0 Å². The predicted octanol–water partition coefficient (Wildman–Crippen LogP) is 5.39. The van der Waals surface area contributed by atoms with E-state index in [4.69, 9.17) is 5.11 Å². The minimum absolute atomic E-state index is 0. The van der Waals surface area contributed by atoms with Gasteiger partial charge in [-0.3, -0.25) is 4.79 Å². The van der Waals surface area contributed by atoms with Crippen LogP contribution < -0.4 is 9.62 Å². The van der Waals surface area contributed by atoms with E-state index in [-0.39, 0.29) is 31.6 Å². The third kappa shape index (κ3) is 10.2. The summed E-state index contributed by atoms with van der Waals surface area (Å²) in [6.45, 7) is 2.85. The molecule has 0 unspecified atom stereocenters. The summed E-state index contributed by atoms with van der Waals surface area (Å²) in [5.41, 5.74) is 2.01. The van der Waals surface area contributed by atoms with Crippen molar-refractivity contribution in [3.63, 3.8) is 0 Å². The van der Waals surface area contributed by atoms with Gasteiger partial charge in [0.1, 0.15) is 11.6 Å². The molecule has 3 aromatic heterocycles. The van der Waals surface area contributed by atoms with E-state index in [0.717, 1.165) is 22.9 Å². The summed E-state index contributed by atoms with van der Waals surface area (Å²) in [4.78, 5) is 26.7. The molecule has 188 valence electrons. The quantitative estimate of drug-likeness (QED) is 0.135. The number of aliphatic hydroxyl groups excluding tert-OH is 1. The maximum Gasteiger partial charge on any atom is 0.402 e. The fraction of sp³-hybridized carbons (Fsp3) is 0.0714. The molecule has 0 amide bonds. The molecule has 0 saturated carbocycles. The first-order chi connectivity index (χ1) is 17.5. The SMILES string of the molecule is CC(=O)/C=C(/C)O.[B]1N(c2ccccn2)C=CN1c1ccccn1.[Ir].[c-]1ccccc1-c1ccccn1. The number of anilines is 2. The van der Waals surface area contributed by atoms with E-state index in [1.54, 1.807) is 18.6 Å². The standard InChI is InChI=1S/C12H10BN4.C11H8N.C5H8O2.Ir/c1-3-7-14-11(5-1)16-9-10-17(13-16)12-6-2-4-8-15-12;1-2-6-10(7-3-1)11-8-4-5-9-12-11;1-4(6)3-5(2)7;/h1-10H;1-6,8-9H;3,6H,1-2H3;/q;-1;;/b;;4-3-;. The number of rotatable bonds is 4. The summed E-state index contributed by atoms with van der Waals surface area (Å²) >= 11 is 0. The van der Waals surface area contributed by atoms with Crippen molar-refractivity contribution < 1.29 is 30.0 Å². The van der Waals surface area contributed by atoms with E-state index in [2.05, 4.69) is 21.0 Å². The van der Waals surface area contributed by atoms with Crippen LogP contribution in [0, 0.1) is 6.07 Å². The molecular weight excluding hydrogens is 641 g/mol. The second-order valence-electron chi connectivity index (χ2n) is 7.49. The van der Waals surface area contributed by atoms with Gasteiger partial charge >= 0.3 is 7.55 Å². The number of hydrogen-bond acceptors (Lipinski definition) is 7. The van der Waals surface area contributed by atoms with Gasteiger partial charge in [0.2, 0.25) is 0 Å². The summed E-state index contributed by atoms with van der Waals surface area (Å²) < 4.78 is 0. The Hall–Kier alpha value is -4.07. The van der Waals surface area contributed by atoms with Crippen molar-refractivity contribution >= 4 is 25.0 Å². The third-order valence-corrected chi connectivity index (χ3v) is 4.53. The summed E-state index contributed by atoms with van der Waals surface area (Å²) in [5, 5.41) is 8.36. The Morgan fingerprint density at radius 3 is 1.73 bits per heavy atom. The second kappa shape index (κ2) is 15.8. The van der Waals surface area contributed by atoms with Crippen molar-refractivity contribution in [3.05, 3.63) is 128 Å². The van der Waals surface area contributed by atoms with Gasteiger partial charge in [0.15, 0.2) is 5.78 Å². The molecule has 1 aromatic carbocycles. The Balaban J connectivity index is 0.000000212. The average molecular weight is 668 g/mol. The predicted molar refractivity (Wildman–Crippen MR) is 144 cm³/mol. The molecule has 1 N–H and O–H groups in total. The van der Waals surface area contributed by atoms with Gasteiger partial charge in [-0.25, -0.2) is 9.97 Å². The smallest absolute Gasteiger partial charge is 0.402 e. The molecule has 1 aliphatic heterocycles. The number of pyridine rings is 3. The third-order valence-electron chi connectivity index (χ3n) is 4.53. The zero-order valence-electron chi connectivity index (χ0n) is 20.5. The molecule has 0 bridgehead atoms. The van der Waals surface area contributed by atoms with E-state index in [9.17, 15) is 4.79 Å². The number of aromatic nitrogens is 3. The number of carbonyl (C=O) groups excluding carboxylic acids is 1. The Morgan fingerprint density at radius 2 is 1.35 bits per heavy atom. The van der Waals surface area contributed by atoms with Crippen molar-refractivity contribution in [2.45, 2.75) is 13.8 Å². The van der Waals surface area contributed by atoms with Crippen molar-refractivity contribution in [3.8, 4) is 11.3 Å². The minimum atomic E-state index is -0.125. The molecule has 4 aromatic rings. The van der Waals surface area contributed by atoms with Crippen LogP contribution in [0.1, 0.15) is 13.8 Å². The van der Waals surface area contributed by atoms with Crippen LogP contribution in [-0.4, -0.2) is 33.4 Å². The van der Waals surface area contributed by atoms with Crippen molar-refractivity contribution in [1.82, 2.24) is 15.0 Å². The number of carbonyl (C=O) groups is 1. The molecule has 0 spiro atoms. The van der Waals surface area contributed by atoms with Crippen LogP contribution in [0.2, 0.25) is 0 Å². The Bertz CT molecular complexity index is 1170. The number of allylic oxidation sites excluding steroid dienone is 2. The zero-order valence-corrected chi connectivity index (χ0v) is 22.9. The van der Waals surface area contributed by atoms with Gasteiger partial charge in [-0.05, 0) is 49.9 Å². The molecule has 0 atom stereocenters. The molecule has 0 saturated heterocycles. The molecule has 0 aliphatic carbocycles. The van der Waals surface area contributed by atoms with Gasteiger partial charge in [-0.2, -0.15) is 0 Å². The Labute approximate surface area is 231 Å². The van der Waals surface area contributed by atoms with Gasteiger partial charge in [0.05, 0.1) is 5.76 Å². The maximum absolute atomic E-state index is 10.0. The maximum atomic E-state index is 10.0. The monoisotopic (exact) mass is 668 g/mol. The van der Waals surface area contributed by atoms with Crippen molar-refractivity contribution in [2.75, 3.05) is 9.62 Å². The molecular formula is C28H26BIrN5O2-. The normalized spacial score (nSPS) is 11.7. The zero-order chi connectivity index (χ0) is 25.6. The van der Waals surface area contributed by atoms with E-state index in [0.29, 0.717) is 0 Å². The van der Waals surface area contributed by atoms with Crippen LogP contribution in [-0.2, 0) is 24.9 Å². The fourth-order valence-electron chi connectivity index (χ4n) is 3.01. The summed E-state index contributed by atoms with van der Waals surface area (Å²) in [7, 11) is 1.95. The molecule has 1 aliphatic rings. The Kier molecular flexibility index (Phi) is 12.5. The molecule has 4 heterocycles. The first kappa shape index (κ1) is 29.2. The minimum Gasteiger partial charge on any atom is -0.512 e. The van der Waals surface area contributed by atoms with E-state index < -0.39 is 0 Å². The van der Waals surface area contributed by atoms with Crippen LogP contribution in [0.25, 0.3) is 11.3 Å². The number of hydrogen-bond donors (Lipinski definition) is 1. The van der Waals surface area contributed by atoms with E-state index >= 15 is 0 Å². The van der Waals surface area contributed by atoms with Gasteiger partial charge in [-0.15, -0.1) is 35.9 Å². The van der Waals surface area contributed by atoms with Gasteiger partial charge in [-0.1, -0.05) is 24.3 Å². The molecule has 9 heteroatoms. The largest absolute Gasteiger partial charge is 0.512 e. The first-order valence-corrected chi connectivity index (χ1v) is 11.2. The van der Waals surface area contributed by atoms with Crippen LogP contribution in [0.4, 0.5) is 11.6 Å². The summed E-state index contributed by atoms with van der Waals surface area (Å²) in [5.74, 6) is 1.72. The van der Waals surface area contributed by atoms with Crippen LogP contribution >= 0.6 is 0 Å². The van der Waals surface area contributed by atoms with Gasteiger partial charge in [0, 0.05) is 57.2 Å². The molecule has 2 radical (unpaired) electrons. The van der Waals surface area contributed by atoms with Crippen LogP contribution in [0.3, 0.4) is 0 Å². The Morgan fingerprint density at radius 1 is 0.811 bits per heavy atom. The van der Waals surface area contributed by atoms with Crippen molar-refractivity contribution in [1.29, 1.82) is 0 Å². The summed E-state index contributed by atoms with van der Waals surface area (Å²) in [6.07, 6.45) is 10.4. The number of benzene rings is 1. The van der Waals surface area contributed by atoms with E-state index in [1.165, 1.54) is 19.9 Å². The second-order valence-corrected chi connectivity index (χ2v) is 7.49. The number of ketones is 1. The first-order valence-electron chi connectivity index (χ1n) is 11.2. The number of nitrogens with zero attached hydrogens (tertiary/aromatic N) is 5. The molecule has 7 nitrogen and oxygen atoms in total. The van der Waals surface area contributed by atoms with Gasteiger partial charge < -0.3 is 19.7 Å². The number of aliphatic hydroxyl groups is 1. The summed E-state index contributed by atoms with van der Waals surface area (Å²) in [6, 6.07) is 28.5.